The second-order valence-electron chi connectivity index (χ2n) is 6.08. The first kappa shape index (κ1) is 11.6. The van der Waals surface area contributed by atoms with Crippen LogP contribution >= 0.6 is 0 Å². The Morgan fingerprint density at radius 3 is 2.31 bits per heavy atom. The minimum atomic E-state index is 0.408. The summed E-state index contributed by atoms with van der Waals surface area (Å²) in [4.78, 5) is 0. The molecule has 1 aliphatic rings. The SMILES string of the molecule is CC(C)(C)C1CCCCC1Nn1cccc1. The van der Waals surface area contributed by atoms with Crippen molar-refractivity contribution in [2.45, 2.75) is 52.5 Å². The molecule has 1 fully saturated rings. The van der Waals surface area contributed by atoms with E-state index >= 15 is 0 Å². The third kappa shape index (κ3) is 2.60. The fourth-order valence-electron chi connectivity index (χ4n) is 2.93. The highest BCUT2D eigenvalue weighted by molar-refractivity contribution is 4.99. The highest BCUT2D eigenvalue weighted by Crippen LogP contribution is 2.38. The van der Waals surface area contributed by atoms with E-state index in [1.807, 2.05) is 0 Å². The average molecular weight is 220 g/mol. The molecule has 0 bridgehead atoms. The van der Waals surface area contributed by atoms with E-state index in [0.29, 0.717) is 11.5 Å². The van der Waals surface area contributed by atoms with Crippen LogP contribution in [0.2, 0.25) is 0 Å². The van der Waals surface area contributed by atoms with Crippen molar-refractivity contribution in [1.29, 1.82) is 0 Å². The summed E-state index contributed by atoms with van der Waals surface area (Å²) < 4.78 is 2.11. The van der Waals surface area contributed by atoms with E-state index in [2.05, 4.69) is 55.4 Å². The smallest absolute Gasteiger partial charge is 0.0457 e. The highest BCUT2D eigenvalue weighted by Gasteiger charge is 2.34. The van der Waals surface area contributed by atoms with Crippen molar-refractivity contribution >= 4 is 0 Å². The first-order valence-electron chi connectivity index (χ1n) is 6.47. The van der Waals surface area contributed by atoms with E-state index in [-0.39, 0.29) is 0 Å². The lowest BCUT2D eigenvalue weighted by Gasteiger charge is -2.41. The van der Waals surface area contributed by atoms with Gasteiger partial charge in [0.15, 0.2) is 0 Å². The van der Waals surface area contributed by atoms with Crippen molar-refractivity contribution in [2.75, 3.05) is 5.43 Å². The Morgan fingerprint density at radius 1 is 1.06 bits per heavy atom. The van der Waals surface area contributed by atoms with Crippen molar-refractivity contribution in [3.8, 4) is 0 Å². The van der Waals surface area contributed by atoms with Crippen LogP contribution in [0.5, 0.6) is 0 Å². The quantitative estimate of drug-likeness (QED) is 0.805. The minimum Gasteiger partial charge on any atom is -0.323 e. The van der Waals surface area contributed by atoms with Gasteiger partial charge >= 0.3 is 0 Å². The number of nitrogens with one attached hydrogen (secondary N) is 1. The van der Waals surface area contributed by atoms with Crippen molar-refractivity contribution in [3.63, 3.8) is 0 Å². The van der Waals surface area contributed by atoms with Gasteiger partial charge in [0, 0.05) is 18.4 Å². The largest absolute Gasteiger partial charge is 0.323 e. The maximum Gasteiger partial charge on any atom is 0.0457 e. The third-order valence-corrected chi connectivity index (χ3v) is 3.80. The van der Waals surface area contributed by atoms with Gasteiger partial charge in [-0.25, -0.2) is 0 Å². The van der Waals surface area contributed by atoms with Gasteiger partial charge in [-0.15, -0.1) is 0 Å². The molecule has 0 saturated heterocycles. The fraction of sp³-hybridized carbons (Fsp3) is 0.714. The molecule has 1 heterocycles. The Morgan fingerprint density at radius 2 is 1.69 bits per heavy atom. The van der Waals surface area contributed by atoms with Gasteiger partial charge in [-0.1, -0.05) is 33.6 Å². The summed E-state index contributed by atoms with van der Waals surface area (Å²) in [6.45, 7) is 7.11. The first-order valence-corrected chi connectivity index (χ1v) is 6.47. The molecular weight excluding hydrogens is 196 g/mol. The number of rotatable bonds is 2. The molecule has 0 amide bonds. The molecule has 2 unspecified atom stereocenters. The van der Waals surface area contributed by atoms with E-state index in [1.54, 1.807) is 0 Å². The molecule has 0 aromatic carbocycles. The summed E-state index contributed by atoms with van der Waals surface area (Å²) in [6, 6.07) is 4.77. The molecule has 0 aliphatic heterocycles. The molecule has 0 radical (unpaired) electrons. The second-order valence-corrected chi connectivity index (χ2v) is 6.08. The molecule has 0 spiro atoms. The van der Waals surface area contributed by atoms with Gasteiger partial charge in [-0.3, -0.25) is 4.68 Å². The molecule has 16 heavy (non-hydrogen) atoms. The molecule has 2 rings (SSSR count). The topological polar surface area (TPSA) is 17.0 Å². The lowest BCUT2D eigenvalue weighted by atomic mass is 9.70. The van der Waals surface area contributed by atoms with Gasteiger partial charge in [0.1, 0.15) is 0 Å². The maximum absolute atomic E-state index is 3.63. The van der Waals surface area contributed by atoms with E-state index in [4.69, 9.17) is 0 Å². The lowest BCUT2D eigenvalue weighted by molar-refractivity contribution is 0.156. The number of aromatic nitrogens is 1. The van der Waals surface area contributed by atoms with Crippen LogP contribution in [0, 0.1) is 11.3 Å². The molecule has 1 N–H and O–H groups in total. The van der Waals surface area contributed by atoms with Crippen LogP contribution in [0.3, 0.4) is 0 Å². The third-order valence-electron chi connectivity index (χ3n) is 3.80. The van der Waals surface area contributed by atoms with Crippen molar-refractivity contribution in [3.05, 3.63) is 24.5 Å². The van der Waals surface area contributed by atoms with E-state index in [1.165, 1.54) is 25.7 Å². The number of hydrogen-bond acceptors (Lipinski definition) is 1. The summed E-state index contributed by atoms with van der Waals surface area (Å²) in [5, 5.41) is 0. The predicted octanol–water partition coefficient (Wildman–Crippen LogP) is 3.64. The molecule has 1 aromatic heterocycles. The normalized spacial score (nSPS) is 26.7. The summed E-state index contributed by atoms with van der Waals surface area (Å²) in [5.74, 6) is 0.781. The monoisotopic (exact) mass is 220 g/mol. The molecule has 1 aromatic rings. The van der Waals surface area contributed by atoms with Gasteiger partial charge in [0.25, 0.3) is 0 Å². The molecule has 1 saturated carbocycles. The Labute approximate surface area is 99.0 Å². The first-order chi connectivity index (χ1) is 7.57. The molecule has 2 nitrogen and oxygen atoms in total. The maximum atomic E-state index is 3.63. The van der Waals surface area contributed by atoms with Crippen LogP contribution in [0.4, 0.5) is 0 Å². The summed E-state index contributed by atoms with van der Waals surface area (Å²) in [7, 11) is 0. The summed E-state index contributed by atoms with van der Waals surface area (Å²) in [5.41, 5.74) is 4.04. The Kier molecular flexibility index (Phi) is 3.27. The second kappa shape index (κ2) is 4.52. The van der Waals surface area contributed by atoms with Crippen molar-refractivity contribution in [2.24, 2.45) is 11.3 Å². The predicted molar refractivity (Wildman–Crippen MR) is 69.0 cm³/mol. The Bertz CT molecular complexity index is 308. The molecule has 1 aliphatic carbocycles. The van der Waals surface area contributed by atoms with Crippen LogP contribution in [-0.2, 0) is 0 Å². The summed E-state index contributed by atoms with van der Waals surface area (Å²) in [6.07, 6.45) is 9.61. The van der Waals surface area contributed by atoms with E-state index < -0.39 is 0 Å². The van der Waals surface area contributed by atoms with Crippen LogP contribution < -0.4 is 5.43 Å². The Hall–Kier alpha value is -0.920. The minimum absolute atomic E-state index is 0.408. The van der Waals surface area contributed by atoms with Crippen molar-refractivity contribution < 1.29 is 0 Å². The molecule has 2 heteroatoms. The van der Waals surface area contributed by atoms with Gasteiger partial charge in [-0.05, 0) is 36.3 Å². The molecule has 90 valence electrons. The number of nitrogens with zero attached hydrogens (tertiary/aromatic N) is 1. The summed E-state index contributed by atoms with van der Waals surface area (Å²) >= 11 is 0. The zero-order valence-corrected chi connectivity index (χ0v) is 10.7. The zero-order valence-electron chi connectivity index (χ0n) is 10.7. The molecular formula is C14H24N2. The average Bonchev–Trinajstić information content (AvgIpc) is 2.70. The van der Waals surface area contributed by atoms with E-state index in [0.717, 1.165) is 5.92 Å². The lowest BCUT2D eigenvalue weighted by Crippen LogP contribution is -2.42. The van der Waals surface area contributed by atoms with Crippen LogP contribution in [0.25, 0.3) is 0 Å². The standard InChI is InChI=1S/C14H24N2/c1-14(2,3)12-8-4-5-9-13(12)15-16-10-6-7-11-16/h6-7,10-13,15H,4-5,8-9H2,1-3H3. The van der Waals surface area contributed by atoms with Crippen molar-refractivity contribution in [1.82, 2.24) is 4.68 Å². The van der Waals surface area contributed by atoms with Gasteiger partial charge in [-0.2, -0.15) is 0 Å². The number of hydrogen-bond donors (Lipinski definition) is 1. The van der Waals surface area contributed by atoms with Crippen LogP contribution in [0.1, 0.15) is 46.5 Å². The van der Waals surface area contributed by atoms with Gasteiger partial charge in [0.2, 0.25) is 0 Å². The van der Waals surface area contributed by atoms with Gasteiger partial charge in [0.05, 0.1) is 0 Å². The molecule has 2 atom stereocenters. The zero-order chi connectivity index (χ0) is 11.6. The van der Waals surface area contributed by atoms with Gasteiger partial charge < -0.3 is 5.43 Å². The highest BCUT2D eigenvalue weighted by atomic mass is 15.4. The van der Waals surface area contributed by atoms with E-state index in [9.17, 15) is 0 Å². The fourth-order valence-corrected chi connectivity index (χ4v) is 2.93. The van der Waals surface area contributed by atoms with Crippen LogP contribution in [-0.4, -0.2) is 10.7 Å². The Balaban J connectivity index is 2.05. The van der Waals surface area contributed by atoms with Crippen LogP contribution in [0.15, 0.2) is 24.5 Å².